The zero-order valence-electron chi connectivity index (χ0n) is 22.0. The van der Waals surface area contributed by atoms with E-state index in [1.807, 2.05) is 75.4 Å². The average Bonchev–Trinajstić information content (AvgIpc) is 3.20. The summed E-state index contributed by atoms with van der Waals surface area (Å²) in [5, 5.41) is 0. The summed E-state index contributed by atoms with van der Waals surface area (Å²) in [5.41, 5.74) is 8.44. The van der Waals surface area contributed by atoms with Crippen molar-refractivity contribution in [1.29, 1.82) is 0 Å². The van der Waals surface area contributed by atoms with E-state index in [1.54, 1.807) is 26.3 Å². The zero-order valence-corrected chi connectivity index (χ0v) is 22.0. The maximum atomic E-state index is 13.9. The number of carbonyl (C=O) groups is 1. The molecular formula is C29H33N5O4. The third-order valence-electron chi connectivity index (χ3n) is 6.57. The van der Waals surface area contributed by atoms with Crippen LogP contribution in [0.1, 0.15) is 45.2 Å². The number of rotatable bonds is 5. The minimum absolute atomic E-state index is 0.220. The van der Waals surface area contributed by atoms with Crippen LogP contribution in [0.4, 0.5) is 10.6 Å². The summed E-state index contributed by atoms with van der Waals surface area (Å²) in [4.78, 5) is 32.6. The van der Waals surface area contributed by atoms with Gasteiger partial charge in [-0.1, -0.05) is 30.3 Å². The first-order valence-corrected chi connectivity index (χ1v) is 12.8. The van der Waals surface area contributed by atoms with E-state index in [0.29, 0.717) is 42.2 Å². The summed E-state index contributed by atoms with van der Waals surface area (Å²) in [5.74, 6) is 0.961. The number of carbonyl (C=O) groups excluding carboxylic acids is 1. The first kappa shape index (κ1) is 25.4. The molecule has 3 heterocycles. The molecule has 9 nitrogen and oxygen atoms in total. The van der Waals surface area contributed by atoms with Crippen molar-refractivity contribution < 1.29 is 14.3 Å². The highest BCUT2D eigenvalue weighted by Crippen LogP contribution is 2.29. The van der Waals surface area contributed by atoms with Gasteiger partial charge in [0.15, 0.2) is 0 Å². The van der Waals surface area contributed by atoms with Gasteiger partial charge >= 0.3 is 11.8 Å². The lowest BCUT2D eigenvalue weighted by molar-refractivity contribution is 0.0173. The second-order valence-electron chi connectivity index (χ2n) is 10.5. The van der Waals surface area contributed by atoms with Gasteiger partial charge in [-0.3, -0.25) is 9.13 Å². The molecule has 1 saturated heterocycles. The van der Waals surface area contributed by atoms with Crippen LogP contribution in [0, 0.1) is 0 Å². The van der Waals surface area contributed by atoms with Gasteiger partial charge in [-0.2, -0.15) is 0 Å². The van der Waals surface area contributed by atoms with E-state index in [-0.39, 0.29) is 23.6 Å². The van der Waals surface area contributed by atoms with Gasteiger partial charge in [0.1, 0.15) is 29.3 Å². The summed E-state index contributed by atoms with van der Waals surface area (Å²) in [6.45, 7) is 6.95. The highest BCUT2D eigenvalue weighted by Gasteiger charge is 2.31. The molecule has 0 spiro atoms. The normalized spacial score (nSPS) is 16.0. The van der Waals surface area contributed by atoms with Gasteiger partial charge < -0.3 is 20.1 Å². The molecule has 2 aromatic heterocycles. The summed E-state index contributed by atoms with van der Waals surface area (Å²) in [6.07, 6.45) is 2.75. The van der Waals surface area contributed by atoms with E-state index < -0.39 is 5.60 Å². The van der Waals surface area contributed by atoms with Crippen LogP contribution in [0.3, 0.4) is 0 Å². The highest BCUT2D eigenvalue weighted by atomic mass is 16.6. The SMILES string of the molecule is CC(C)(C)OC(=O)N1CCC[C@@H](n2c(=O)n(-c3ccc(OCc4ccccc4)cc3)c3c(N)nccc32)C1. The average molecular weight is 516 g/mol. The fourth-order valence-electron chi connectivity index (χ4n) is 4.87. The Kier molecular flexibility index (Phi) is 6.84. The number of pyridine rings is 1. The van der Waals surface area contributed by atoms with Gasteiger partial charge in [-0.05, 0) is 69.5 Å². The van der Waals surface area contributed by atoms with Gasteiger partial charge in [0.25, 0.3) is 0 Å². The van der Waals surface area contributed by atoms with E-state index in [9.17, 15) is 9.59 Å². The molecule has 1 fully saturated rings. The quantitative estimate of drug-likeness (QED) is 0.405. The van der Waals surface area contributed by atoms with Crippen molar-refractivity contribution in [2.45, 2.75) is 51.9 Å². The highest BCUT2D eigenvalue weighted by molar-refractivity contribution is 5.87. The number of hydrogen-bond acceptors (Lipinski definition) is 6. The second kappa shape index (κ2) is 10.2. The zero-order chi connectivity index (χ0) is 26.9. The lowest BCUT2D eigenvalue weighted by Crippen LogP contribution is -2.45. The molecule has 38 heavy (non-hydrogen) atoms. The summed E-state index contributed by atoms with van der Waals surface area (Å²) >= 11 is 0. The molecule has 1 atom stereocenters. The van der Waals surface area contributed by atoms with Crippen molar-refractivity contribution in [1.82, 2.24) is 19.0 Å². The molecule has 0 aliphatic carbocycles. The number of nitrogens with zero attached hydrogens (tertiary/aromatic N) is 4. The molecule has 2 aromatic carbocycles. The van der Waals surface area contributed by atoms with Gasteiger partial charge in [0.2, 0.25) is 0 Å². The number of hydrogen-bond donors (Lipinski definition) is 1. The molecule has 1 aliphatic rings. The number of likely N-dealkylation sites (tertiary alicyclic amines) is 1. The third-order valence-corrected chi connectivity index (χ3v) is 6.57. The van der Waals surface area contributed by atoms with Crippen molar-refractivity contribution in [2.75, 3.05) is 18.8 Å². The largest absolute Gasteiger partial charge is 0.489 e. The maximum absolute atomic E-state index is 13.9. The number of imidazole rings is 1. The second-order valence-corrected chi connectivity index (χ2v) is 10.5. The molecule has 0 radical (unpaired) electrons. The third kappa shape index (κ3) is 5.22. The molecule has 4 aromatic rings. The van der Waals surface area contributed by atoms with E-state index in [0.717, 1.165) is 18.4 Å². The van der Waals surface area contributed by atoms with Crippen molar-refractivity contribution in [2.24, 2.45) is 0 Å². The molecular weight excluding hydrogens is 482 g/mol. The van der Waals surface area contributed by atoms with Gasteiger partial charge in [0.05, 0.1) is 17.2 Å². The fraction of sp³-hybridized carbons (Fsp3) is 0.345. The molecule has 1 aliphatic heterocycles. The number of ether oxygens (including phenoxy) is 2. The Labute approximate surface area is 221 Å². The van der Waals surface area contributed by atoms with Crippen LogP contribution in [-0.2, 0) is 11.3 Å². The standard InChI is InChI=1S/C29H33N5O4/c1-29(2,3)38-28(36)32-17-7-10-22(18-32)33-24-15-16-31-26(30)25(24)34(27(33)35)21-11-13-23(14-12-21)37-19-20-8-5-4-6-9-20/h4-6,8-9,11-16,22H,7,10,17-19H2,1-3H3,(H2,30,31)/t22-/m1/s1. The minimum Gasteiger partial charge on any atom is -0.489 e. The molecule has 0 bridgehead atoms. The van der Waals surface area contributed by atoms with Crippen LogP contribution >= 0.6 is 0 Å². The smallest absolute Gasteiger partial charge is 0.410 e. The summed E-state index contributed by atoms with van der Waals surface area (Å²) in [7, 11) is 0. The van der Waals surface area contributed by atoms with Crippen molar-refractivity contribution >= 4 is 22.9 Å². The molecule has 0 saturated carbocycles. The lowest BCUT2D eigenvalue weighted by atomic mass is 10.1. The number of nitrogens with two attached hydrogens (primary N) is 1. The number of benzene rings is 2. The minimum atomic E-state index is -0.589. The predicted molar refractivity (Wildman–Crippen MR) is 147 cm³/mol. The Bertz CT molecular complexity index is 1490. The number of piperidine rings is 1. The van der Waals surface area contributed by atoms with Crippen LogP contribution in [0.15, 0.2) is 71.7 Å². The first-order chi connectivity index (χ1) is 18.2. The van der Waals surface area contributed by atoms with E-state index in [4.69, 9.17) is 15.2 Å². The Morgan fingerprint density at radius 3 is 2.53 bits per heavy atom. The van der Waals surface area contributed by atoms with Gasteiger partial charge in [-0.25, -0.2) is 14.6 Å². The maximum Gasteiger partial charge on any atom is 0.410 e. The number of fused-ring (bicyclic) bond motifs is 1. The van der Waals surface area contributed by atoms with Crippen LogP contribution < -0.4 is 16.2 Å². The van der Waals surface area contributed by atoms with E-state index >= 15 is 0 Å². The fourth-order valence-corrected chi connectivity index (χ4v) is 4.87. The molecule has 2 N–H and O–H groups in total. The topological polar surface area (TPSA) is 105 Å². The molecule has 9 heteroatoms. The molecule has 5 rings (SSSR count). The number of anilines is 1. The predicted octanol–water partition coefficient (Wildman–Crippen LogP) is 4.92. The van der Waals surface area contributed by atoms with Gasteiger partial charge in [-0.15, -0.1) is 0 Å². The van der Waals surface area contributed by atoms with Crippen LogP contribution in [0.25, 0.3) is 16.7 Å². The molecule has 0 unspecified atom stereocenters. The van der Waals surface area contributed by atoms with Crippen LogP contribution in [0.2, 0.25) is 0 Å². The number of amides is 1. The van der Waals surface area contributed by atoms with Crippen molar-refractivity contribution in [3.8, 4) is 11.4 Å². The van der Waals surface area contributed by atoms with Crippen molar-refractivity contribution in [3.63, 3.8) is 0 Å². The van der Waals surface area contributed by atoms with Crippen molar-refractivity contribution in [3.05, 3.63) is 82.9 Å². The molecule has 198 valence electrons. The Morgan fingerprint density at radius 1 is 1.08 bits per heavy atom. The monoisotopic (exact) mass is 515 g/mol. The summed E-state index contributed by atoms with van der Waals surface area (Å²) < 4.78 is 14.8. The number of nitrogen functional groups attached to an aromatic ring is 1. The number of aromatic nitrogens is 3. The Morgan fingerprint density at radius 2 is 1.82 bits per heavy atom. The van der Waals surface area contributed by atoms with E-state index in [2.05, 4.69) is 4.98 Å². The Balaban J connectivity index is 1.46. The van der Waals surface area contributed by atoms with E-state index in [1.165, 1.54) is 0 Å². The van der Waals surface area contributed by atoms with Crippen LogP contribution in [-0.4, -0.2) is 43.8 Å². The summed E-state index contributed by atoms with van der Waals surface area (Å²) in [6, 6.07) is 18.9. The van der Waals surface area contributed by atoms with Crippen LogP contribution in [0.5, 0.6) is 5.75 Å². The lowest BCUT2D eigenvalue weighted by Gasteiger charge is -2.34. The van der Waals surface area contributed by atoms with Gasteiger partial charge in [0, 0.05) is 19.3 Å². The first-order valence-electron chi connectivity index (χ1n) is 12.8. The Hall–Kier alpha value is -4.27. The molecule has 1 amide bonds.